The summed E-state index contributed by atoms with van der Waals surface area (Å²) < 4.78 is 65.3. The number of alkyl halides is 3. The molecule has 0 amide bonds. The van der Waals surface area contributed by atoms with Crippen LogP contribution in [0.3, 0.4) is 0 Å². The molecule has 10 heteroatoms. The Labute approximate surface area is 118 Å². The van der Waals surface area contributed by atoms with Crippen LogP contribution in [0.4, 0.5) is 13.2 Å². The third-order valence-electron chi connectivity index (χ3n) is 2.29. The Hall–Kier alpha value is -1.81. The summed E-state index contributed by atoms with van der Waals surface area (Å²) in [7, 11) is -4.19. The second-order valence-electron chi connectivity index (χ2n) is 4.55. The first-order chi connectivity index (χ1) is 9.33. The number of rotatable bonds is 5. The molecule has 0 aliphatic rings. The van der Waals surface area contributed by atoms with Crippen molar-refractivity contribution in [3.8, 4) is 5.75 Å². The highest BCUT2D eigenvalue weighted by atomic mass is 32.2. The van der Waals surface area contributed by atoms with E-state index in [-0.39, 0.29) is 4.90 Å². The monoisotopic (exact) mass is 327 g/mol. The van der Waals surface area contributed by atoms with Crippen LogP contribution in [-0.4, -0.2) is 31.4 Å². The molecule has 0 bridgehead atoms. The number of carboxylic acids is 1. The predicted octanol–water partition coefficient (Wildman–Crippen LogP) is 1.73. The summed E-state index contributed by atoms with van der Waals surface area (Å²) >= 11 is 0. The highest BCUT2D eigenvalue weighted by Crippen LogP contribution is 2.24. The third-order valence-corrected chi connectivity index (χ3v) is 3.96. The topological polar surface area (TPSA) is 92.7 Å². The Morgan fingerprint density at radius 2 is 1.67 bits per heavy atom. The quantitative estimate of drug-likeness (QED) is 0.859. The number of benzene rings is 1. The van der Waals surface area contributed by atoms with Crippen molar-refractivity contribution in [2.75, 3.05) is 0 Å². The zero-order chi connectivity index (χ0) is 16.5. The minimum absolute atomic E-state index is 0.383. The van der Waals surface area contributed by atoms with Crippen LogP contribution in [-0.2, 0) is 14.8 Å². The van der Waals surface area contributed by atoms with Crippen molar-refractivity contribution in [1.29, 1.82) is 0 Å². The molecule has 0 aliphatic carbocycles. The molecule has 21 heavy (non-hydrogen) atoms. The van der Waals surface area contributed by atoms with E-state index in [1.807, 2.05) is 4.72 Å². The van der Waals surface area contributed by atoms with Gasteiger partial charge in [-0.2, -0.15) is 4.72 Å². The van der Waals surface area contributed by atoms with E-state index in [0.717, 1.165) is 38.1 Å². The van der Waals surface area contributed by atoms with Gasteiger partial charge in [0.1, 0.15) is 11.3 Å². The lowest BCUT2D eigenvalue weighted by Gasteiger charge is -2.20. The van der Waals surface area contributed by atoms with Crippen LogP contribution >= 0.6 is 0 Å². The fourth-order valence-corrected chi connectivity index (χ4v) is 2.63. The van der Waals surface area contributed by atoms with Crippen molar-refractivity contribution >= 4 is 16.0 Å². The van der Waals surface area contributed by atoms with Gasteiger partial charge in [-0.1, -0.05) is 0 Å². The van der Waals surface area contributed by atoms with Crippen molar-refractivity contribution in [1.82, 2.24) is 4.72 Å². The maximum Gasteiger partial charge on any atom is 0.573 e. The number of carboxylic acid groups (broad SMARTS) is 1. The summed E-state index contributed by atoms with van der Waals surface area (Å²) in [6, 6.07) is 3.38. The van der Waals surface area contributed by atoms with Gasteiger partial charge in [-0.25, -0.2) is 8.42 Å². The first kappa shape index (κ1) is 17.2. The molecule has 0 fully saturated rings. The standard InChI is InChI=1S/C11H12F3NO5S/c1-10(2,9(16)17)15-21(18,19)8-5-3-7(4-6-8)20-11(12,13)14/h3-6,15H,1-2H3,(H,16,17). The van der Waals surface area contributed by atoms with Gasteiger partial charge in [0.15, 0.2) is 0 Å². The number of carbonyl (C=O) groups is 1. The maximum absolute atomic E-state index is 12.0. The number of halogens is 3. The summed E-state index contributed by atoms with van der Waals surface area (Å²) in [6.45, 7) is 2.27. The number of sulfonamides is 1. The van der Waals surface area contributed by atoms with E-state index in [4.69, 9.17) is 5.11 Å². The largest absolute Gasteiger partial charge is 0.573 e. The van der Waals surface area contributed by atoms with E-state index in [1.165, 1.54) is 0 Å². The van der Waals surface area contributed by atoms with Crippen LogP contribution in [0.25, 0.3) is 0 Å². The first-order valence-corrected chi connectivity index (χ1v) is 6.95. The van der Waals surface area contributed by atoms with Crippen molar-refractivity contribution in [3.63, 3.8) is 0 Å². The van der Waals surface area contributed by atoms with Gasteiger partial charge >= 0.3 is 12.3 Å². The van der Waals surface area contributed by atoms with E-state index < -0.39 is 33.6 Å². The molecular weight excluding hydrogens is 315 g/mol. The van der Waals surface area contributed by atoms with Crippen LogP contribution in [0.5, 0.6) is 5.75 Å². The number of hydrogen-bond donors (Lipinski definition) is 2. The lowest BCUT2D eigenvalue weighted by Crippen LogP contribution is -2.49. The van der Waals surface area contributed by atoms with Crippen molar-refractivity contribution in [3.05, 3.63) is 24.3 Å². The average Bonchev–Trinajstić information content (AvgIpc) is 2.25. The minimum atomic E-state index is -4.88. The van der Waals surface area contributed by atoms with Gasteiger partial charge in [0.2, 0.25) is 10.0 Å². The van der Waals surface area contributed by atoms with E-state index >= 15 is 0 Å². The molecule has 0 atom stereocenters. The Balaban J connectivity index is 2.98. The molecular formula is C11H12F3NO5S. The maximum atomic E-state index is 12.0. The summed E-state index contributed by atoms with van der Waals surface area (Å²) in [4.78, 5) is 10.5. The molecule has 1 rings (SSSR count). The van der Waals surface area contributed by atoms with E-state index in [2.05, 4.69) is 4.74 Å². The molecule has 0 aliphatic heterocycles. The van der Waals surface area contributed by atoms with Gasteiger partial charge in [0.25, 0.3) is 0 Å². The van der Waals surface area contributed by atoms with Crippen LogP contribution in [0, 0.1) is 0 Å². The Kier molecular flexibility index (Phi) is 4.54. The molecule has 0 saturated carbocycles. The van der Waals surface area contributed by atoms with Crippen LogP contribution < -0.4 is 9.46 Å². The van der Waals surface area contributed by atoms with Crippen molar-refractivity contribution in [2.45, 2.75) is 30.6 Å². The van der Waals surface area contributed by atoms with Crippen LogP contribution in [0.15, 0.2) is 29.2 Å². The number of ether oxygens (including phenoxy) is 1. The molecule has 0 heterocycles. The van der Waals surface area contributed by atoms with Crippen LogP contribution in [0.1, 0.15) is 13.8 Å². The van der Waals surface area contributed by atoms with Crippen molar-refractivity contribution in [2.24, 2.45) is 0 Å². The van der Waals surface area contributed by atoms with Gasteiger partial charge in [0, 0.05) is 0 Å². The first-order valence-electron chi connectivity index (χ1n) is 5.47. The Morgan fingerprint density at radius 1 is 1.19 bits per heavy atom. The predicted molar refractivity (Wildman–Crippen MR) is 65.2 cm³/mol. The van der Waals surface area contributed by atoms with Gasteiger partial charge in [-0.05, 0) is 38.1 Å². The summed E-state index contributed by atoms with van der Waals surface area (Å²) in [5, 5.41) is 8.85. The van der Waals surface area contributed by atoms with Gasteiger partial charge < -0.3 is 9.84 Å². The molecule has 118 valence electrons. The molecule has 2 N–H and O–H groups in total. The highest BCUT2D eigenvalue weighted by molar-refractivity contribution is 7.89. The number of aliphatic carboxylic acids is 1. The molecule has 0 spiro atoms. The lowest BCUT2D eigenvalue weighted by atomic mass is 10.1. The van der Waals surface area contributed by atoms with E-state index in [0.29, 0.717) is 0 Å². The molecule has 0 aromatic heterocycles. The van der Waals surface area contributed by atoms with E-state index in [9.17, 15) is 26.4 Å². The van der Waals surface area contributed by atoms with Gasteiger partial charge in [-0.3, -0.25) is 4.79 Å². The SMILES string of the molecule is CC(C)(NS(=O)(=O)c1ccc(OC(F)(F)F)cc1)C(=O)O. The summed E-state index contributed by atoms with van der Waals surface area (Å²) in [5.41, 5.74) is -1.76. The number of hydrogen-bond acceptors (Lipinski definition) is 4. The molecule has 1 aromatic rings. The molecule has 0 radical (unpaired) electrons. The second-order valence-corrected chi connectivity index (χ2v) is 6.24. The molecule has 0 saturated heterocycles. The zero-order valence-electron chi connectivity index (χ0n) is 10.9. The molecule has 1 aromatic carbocycles. The fourth-order valence-electron chi connectivity index (χ4n) is 1.26. The normalized spacial score (nSPS) is 13.0. The highest BCUT2D eigenvalue weighted by Gasteiger charge is 2.34. The summed E-state index contributed by atoms with van der Waals surface area (Å²) in [5.74, 6) is -1.98. The lowest BCUT2D eigenvalue weighted by molar-refractivity contribution is -0.274. The second kappa shape index (κ2) is 5.53. The Morgan fingerprint density at radius 3 is 2.05 bits per heavy atom. The smallest absolute Gasteiger partial charge is 0.480 e. The third kappa shape index (κ3) is 4.90. The van der Waals surface area contributed by atoms with E-state index in [1.54, 1.807) is 0 Å². The number of nitrogens with one attached hydrogen (secondary N) is 1. The van der Waals surface area contributed by atoms with Gasteiger partial charge in [0.05, 0.1) is 4.90 Å². The zero-order valence-corrected chi connectivity index (χ0v) is 11.7. The Bertz CT molecular complexity index is 622. The molecule has 6 nitrogen and oxygen atoms in total. The molecule has 0 unspecified atom stereocenters. The average molecular weight is 327 g/mol. The van der Waals surface area contributed by atoms with Crippen LogP contribution in [0.2, 0.25) is 0 Å². The van der Waals surface area contributed by atoms with Crippen molar-refractivity contribution < 1.29 is 36.2 Å². The van der Waals surface area contributed by atoms with Gasteiger partial charge in [-0.15, -0.1) is 13.2 Å². The minimum Gasteiger partial charge on any atom is -0.480 e. The summed E-state index contributed by atoms with van der Waals surface area (Å²) in [6.07, 6.45) is -4.88. The fraction of sp³-hybridized carbons (Fsp3) is 0.364.